The number of carbonyl (C=O) groups excluding carboxylic acids is 1. The highest BCUT2D eigenvalue weighted by Crippen LogP contribution is 1.82. The maximum absolute atomic E-state index is 10.0. The van der Waals surface area contributed by atoms with Gasteiger partial charge in [-0.1, -0.05) is 0 Å². The first-order valence-electron chi connectivity index (χ1n) is 2.45. The van der Waals surface area contributed by atoms with Crippen LogP contribution < -0.4 is 5.90 Å². The SMILES string of the molecule is NOC(=O)OCCCO. The van der Waals surface area contributed by atoms with Gasteiger partial charge in [-0.2, -0.15) is 5.90 Å². The first-order chi connectivity index (χ1) is 4.31. The van der Waals surface area contributed by atoms with E-state index in [-0.39, 0.29) is 13.2 Å². The van der Waals surface area contributed by atoms with E-state index in [1.807, 2.05) is 0 Å². The van der Waals surface area contributed by atoms with Crippen molar-refractivity contribution in [1.29, 1.82) is 0 Å². The summed E-state index contributed by atoms with van der Waals surface area (Å²) in [6, 6.07) is 0. The Morgan fingerprint density at radius 3 is 2.78 bits per heavy atom. The van der Waals surface area contributed by atoms with Crippen LogP contribution in [0.25, 0.3) is 0 Å². The van der Waals surface area contributed by atoms with Gasteiger partial charge in [0.15, 0.2) is 0 Å². The largest absolute Gasteiger partial charge is 0.527 e. The van der Waals surface area contributed by atoms with Crippen molar-refractivity contribution in [3.63, 3.8) is 0 Å². The monoisotopic (exact) mass is 135 g/mol. The second-order valence-corrected chi connectivity index (χ2v) is 1.29. The molecule has 0 heterocycles. The van der Waals surface area contributed by atoms with Crippen LogP contribution in [0.5, 0.6) is 0 Å². The van der Waals surface area contributed by atoms with Crippen molar-refractivity contribution < 1.29 is 19.5 Å². The van der Waals surface area contributed by atoms with Crippen LogP contribution in [-0.4, -0.2) is 24.5 Å². The molecule has 0 saturated heterocycles. The van der Waals surface area contributed by atoms with E-state index in [2.05, 4.69) is 15.5 Å². The van der Waals surface area contributed by atoms with Crippen molar-refractivity contribution in [2.45, 2.75) is 6.42 Å². The van der Waals surface area contributed by atoms with Crippen LogP contribution in [0.4, 0.5) is 4.79 Å². The molecule has 0 saturated carbocycles. The fourth-order valence-electron chi connectivity index (χ4n) is 0.254. The van der Waals surface area contributed by atoms with Crippen molar-refractivity contribution >= 4 is 6.16 Å². The van der Waals surface area contributed by atoms with Crippen LogP contribution in [0, 0.1) is 0 Å². The van der Waals surface area contributed by atoms with Crippen LogP contribution in [-0.2, 0) is 9.57 Å². The van der Waals surface area contributed by atoms with E-state index in [1.54, 1.807) is 0 Å². The molecule has 0 rings (SSSR count). The Balaban J connectivity index is 2.97. The Bertz CT molecular complexity index is 84.6. The van der Waals surface area contributed by atoms with Gasteiger partial charge in [0.05, 0.1) is 6.61 Å². The molecule has 0 bridgehead atoms. The normalized spacial score (nSPS) is 8.67. The Morgan fingerprint density at radius 2 is 2.33 bits per heavy atom. The molecular weight excluding hydrogens is 126 g/mol. The number of aliphatic hydroxyl groups excluding tert-OH is 1. The van der Waals surface area contributed by atoms with E-state index in [4.69, 9.17) is 5.11 Å². The Kier molecular flexibility index (Phi) is 4.85. The molecule has 0 aromatic rings. The molecule has 0 spiro atoms. The zero-order valence-electron chi connectivity index (χ0n) is 4.87. The minimum atomic E-state index is -0.927. The summed E-state index contributed by atoms with van der Waals surface area (Å²) in [4.78, 5) is 13.7. The molecule has 54 valence electrons. The Hall–Kier alpha value is -0.810. The molecule has 5 nitrogen and oxygen atoms in total. The summed E-state index contributed by atoms with van der Waals surface area (Å²) in [5, 5.41) is 8.19. The topological polar surface area (TPSA) is 81.8 Å². The number of carbonyl (C=O) groups is 1. The maximum Gasteiger partial charge on any atom is 0.527 e. The van der Waals surface area contributed by atoms with Crippen molar-refractivity contribution in [3.05, 3.63) is 0 Å². The summed E-state index contributed by atoms with van der Waals surface area (Å²) in [6.07, 6.45) is -0.529. The molecule has 9 heavy (non-hydrogen) atoms. The van der Waals surface area contributed by atoms with Gasteiger partial charge < -0.3 is 14.7 Å². The van der Waals surface area contributed by atoms with Crippen LogP contribution in [0.2, 0.25) is 0 Å². The quantitative estimate of drug-likeness (QED) is 0.306. The van der Waals surface area contributed by atoms with E-state index in [9.17, 15) is 4.79 Å². The molecule has 0 aromatic carbocycles. The second-order valence-electron chi connectivity index (χ2n) is 1.29. The zero-order valence-corrected chi connectivity index (χ0v) is 4.87. The van der Waals surface area contributed by atoms with Gasteiger partial charge in [0.2, 0.25) is 0 Å². The molecule has 0 unspecified atom stereocenters. The lowest BCUT2D eigenvalue weighted by Crippen LogP contribution is -2.12. The average Bonchev–Trinajstić information content (AvgIpc) is 1.89. The fourth-order valence-corrected chi connectivity index (χ4v) is 0.254. The van der Waals surface area contributed by atoms with E-state index in [1.165, 1.54) is 0 Å². The first-order valence-corrected chi connectivity index (χ1v) is 2.45. The lowest BCUT2D eigenvalue weighted by atomic mass is 10.5. The van der Waals surface area contributed by atoms with Gasteiger partial charge in [-0.3, -0.25) is 0 Å². The predicted molar refractivity (Wildman–Crippen MR) is 28.3 cm³/mol. The second kappa shape index (κ2) is 5.33. The van der Waals surface area contributed by atoms with Crippen LogP contribution in [0.1, 0.15) is 6.42 Å². The van der Waals surface area contributed by atoms with E-state index in [0.29, 0.717) is 6.42 Å². The van der Waals surface area contributed by atoms with Crippen LogP contribution >= 0.6 is 0 Å². The van der Waals surface area contributed by atoms with Gasteiger partial charge in [-0.05, 0) is 0 Å². The molecule has 0 aliphatic carbocycles. The van der Waals surface area contributed by atoms with E-state index in [0.717, 1.165) is 0 Å². The standard InChI is InChI=1S/C4H9NO4/c5-9-4(7)8-3-1-2-6/h6H,1-3,5H2. The first kappa shape index (κ1) is 8.19. The van der Waals surface area contributed by atoms with Gasteiger partial charge in [0.1, 0.15) is 0 Å². The summed E-state index contributed by atoms with van der Waals surface area (Å²) in [5.41, 5.74) is 0. The molecule has 0 aliphatic rings. The van der Waals surface area contributed by atoms with Gasteiger partial charge in [-0.25, -0.2) is 4.79 Å². The number of nitrogens with two attached hydrogens (primary N) is 1. The number of ether oxygens (including phenoxy) is 1. The summed E-state index contributed by atoms with van der Waals surface area (Å²) in [5.74, 6) is 4.42. The smallest absolute Gasteiger partial charge is 0.433 e. The number of rotatable bonds is 3. The molecule has 0 atom stereocenters. The fraction of sp³-hybridized carbons (Fsp3) is 0.750. The number of aliphatic hydroxyl groups is 1. The number of hydrogen-bond donors (Lipinski definition) is 2. The van der Waals surface area contributed by atoms with Gasteiger partial charge >= 0.3 is 6.16 Å². The van der Waals surface area contributed by atoms with Crippen molar-refractivity contribution in [1.82, 2.24) is 0 Å². The highest BCUT2D eigenvalue weighted by Gasteiger charge is 1.97. The maximum atomic E-state index is 10.0. The molecule has 0 aliphatic heterocycles. The molecule has 5 heteroatoms. The van der Waals surface area contributed by atoms with Crippen LogP contribution in [0.3, 0.4) is 0 Å². The Morgan fingerprint density at radius 1 is 1.67 bits per heavy atom. The third-order valence-electron chi connectivity index (χ3n) is 0.619. The highest BCUT2D eigenvalue weighted by molar-refractivity contribution is 5.59. The summed E-state index contributed by atoms with van der Waals surface area (Å²) >= 11 is 0. The summed E-state index contributed by atoms with van der Waals surface area (Å²) in [6.45, 7) is 0.115. The number of hydrogen-bond acceptors (Lipinski definition) is 5. The van der Waals surface area contributed by atoms with Gasteiger partial charge in [0, 0.05) is 13.0 Å². The minimum absolute atomic E-state index is 0.0160. The summed E-state index contributed by atoms with van der Waals surface area (Å²) < 4.78 is 4.29. The van der Waals surface area contributed by atoms with E-state index >= 15 is 0 Å². The van der Waals surface area contributed by atoms with Crippen molar-refractivity contribution in [2.75, 3.05) is 13.2 Å². The predicted octanol–water partition coefficient (Wildman–Crippen LogP) is -0.604. The molecular formula is C4H9NO4. The Labute approximate surface area is 52.3 Å². The molecule has 3 N–H and O–H groups in total. The van der Waals surface area contributed by atoms with Gasteiger partial charge in [-0.15, -0.1) is 0 Å². The van der Waals surface area contributed by atoms with Crippen molar-refractivity contribution in [3.8, 4) is 0 Å². The molecule has 0 radical (unpaired) electrons. The van der Waals surface area contributed by atoms with Crippen molar-refractivity contribution in [2.24, 2.45) is 5.90 Å². The third kappa shape index (κ3) is 5.05. The minimum Gasteiger partial charge on any atom is -0.433 e. The lowest BCUT2D eigenvalue weighted by Gasteiger charge is -1.98. The third-order valence-corrected chi connectivity index (χ3v) is 0.619. The van der Waals surface area contributed by atoms with Crippen LogP contribution in [0.15, 0.2) is 0 Å². The zero-order chi connectivity index (χ0) is 7.11. The average molecular weight is 135 g/mol. The lowest BCUT2D eigenvalue weighted by molar-refractivity contribution is 0.0512. The highest BCUT2D eigenvalue weighted by atomic mass is 16.8. The molecule has 0 aromatic heterocycles. The molecule has 0 fully saturated rings. The van der Waals surface area contributed by atoms with E-state index < -0.39 is 6.16 Å². The molecule has 0 amide bonds. The van der Waals surface area contributed by atoms with Gasteiger partial charge in [0.25, 0.3) is 0 Å². The summed E-state index contributed by atoms with van der Waals surface area (Å²) in [7, 11) is 0.